The van der Waals surface area contributed by atoms with Crippen molar-refractivity contribution in [2.75, 3.05) is 34.0 Å². The molecule has 11 heteroatoms. The molecule has 10 nitrogen and oxygen atoms in total. The Morgan fingerprint density at radius 1 is 1.13 bits per heavy atom. The zero-order valence-corrected chi connectivity index (χ0v) is 21.1. The van der Waals surface area contributed by atoms with Crippen LogP contribution < -0.4 is 14.8 Å². The quantitative estimate of drug-likeness (QED) is 0.351. The first kappa shape index (κ1) is 27.5. The molecule has 0 saturated carbocycles. The molecule has 2 amide bonds. The molecule has 1 aliphatic carbocycles. The number of hydrogen-bond acceptors (Lipinski definition) is 8. The number of aliphatic hydroxyl groups is 3. The van der Waals surface area contributed by atoms with Gasteiger partial charge >= 0.3 is 0 Å². The van der Waals surface area contributed by atoms with Crippen molar-refractivity contribution < 1.29 is 43.5 Å². The van der Waals surface area contributed by atoms with Crippen molar-refractivity contribution in [3.63, 3.8) is 0 Å². The normalized spacial score (nSPS) is 21.6. The van der Waals surface area contributed by atoms with E-state index in [9.17, 15) is 29.3 Å². The van der Waals surface area contributed by atoms with Gasteiger partial charge in [-0.1, -0.05) is 12.1 Å². The number of rotatable bonds is 10. The molecule has 2 aliphatic rings. The second kappa shape index (κ2) is 11.9. The molecule has 2 aromatic rings. The number of amides is 2. The molecule has 0 aromatic heterocycles. The highest BCUT2D eigenvalue weighted by molar-refractivity contribution is 5.96. The molecule has 4 N–H and O–H groups in total. The molecular formula is C27H31FN2O8. The van der Waals surface area contributed by atoms with Gasteiger partial charge in [-0.3, -0.25) is 9.59 Å². The average Bonchev–Trinajstić information content (AvgIpc) is 3.31. The van der Waals surface area contributed by atoms with E-state index in [4.69, 9.17) is 14.2 Å². The van der Waals surface area contributed by atoms with E-state index < -0.39 is 41.8 Å². The fourth-order valence-electron chi connectivity index (χ4n) is 4.97. The zero-order chi connectivity index (χ0) is 27.4. The molecule has 4 rings (SSSR count). The molecule has 0 spiro atoms. The summed E-state index contributed by atoms with van der Waals surface area (Å²) in [6.45, 7) is -0.838. The number of benzene rings is 2. The van der Waals surface area contributed by atoms with Crippen molar-refractivity contribution in [3.8, 4) is 11.5 Å². The van der Waals surface area contributed by atoms with Gasteiger partial charge in [0.05, 0.1) is 32.3 Å². The number of aliphatic hydroxyl groups excluding tert-OH is 3. The molecule has 0 radical (unpaired) electrons. The van der Waals surface area contributed by atoms with E-state index >= 15 is 0 Å². The van der Waals surface area contributed by atoms with Crippen LogP contribution in [0.1, 0.15) is 22.6 Å². The summed E-state index contributed by atoms with van der Waals surface area (Å²) in [5.74, 6) is -1.47. The molecule has 0 saturated heterocycles. The molecular weight excluding hydrogens is 499 g/mol. The lowest BCUT2D eigenvalue weighted by Crippen LogP contribution is -2.56. The van der Waals surface area contributed by atoms with E-state index in [0.717, 1.165) is 0 Å². The van der Waals surface area contributed by atoms with E-state index in [1.54, 1.807) is 12.1 Å². The summed E-state index contributed by atoms with van der Waals surface area (Å²) in [7, 11) is 2.81. The van der Waals surface area contributed by atoms with Gasteiger partial charge in [-0.2, -0.15) is 0 Å². The zero-order valence-electron chi connectivity index (χ0n) is 21.1. The lowest BCUT2D eigenvalue weighted by molar-refractivity contribution is -0.141. The monoisotopic (exact) mass is 530 g/mol. The maximum Gasteiger partial charge on any atom is 0.249 e. The predicted molar refractivity (Wildman–Crippen MR) is 133 cm³/mol. The highest BCUT2D eigenvalue weighted by atomic mass is 19.1. The Kier molecular flexibility index (Phi) is 8.62. The maximum atomic E-state index is 13.5. The number of carbonyl (C=O) groups excluding carboxylic acids is 2. The standard InChI is InChI=1S/C27H31FN2O8/c1-36-14-22(33)30(12-15-3-5-17(28)6-4-15)20-11-19(27(35)29-7-8-31)23-18-9-16(13-32)10-21(37-2)25(18)38-26(23)24(20)34/h3-6,9-11,20,23-24,26,31-32,34H,7-8,12-14H2,1-2H3,(H,29,35). The second-order valence-corrected chi connectivity index (χ2v) is 9.10. The van der Waals surface area contributed by atoms with Crippen LogP contribution in [0.25, 0.3) is 0 Å². The van der Waals surface area contributed by atoms with Crippen molar-refractivity contribution in [3.05, 3.63) is 70.6 Å². The number of halogens is 1. The number of nitrogens with zero attached hydrogens (tertiary/aromatic N) is 1. The van der Waals surface area contributed by atoms with Crippen LogP contribution in [0.15, 0.2) is 48.0 Å². The SMILES string of the molecule is COCC(=O)N(Cc1ccc(F)cc1)C1C=C(C(=O)NCCO)C2c3cc(CO)cc(OC)c3OC2C1O. The Morgan fingerprint density at radius 2 is 1.87 bits per heavy atom. The summed E-state index contributed by atoms with van der Waals surface area (Å²) in [4.78, 5) is 27.8. The first-order valence-electron chi connectivity index (χ1n) is 12.1. The van der Waals surface area contributed by atoms with Gasteiger partial charge in [0.2, 0.25) is 11.8 Å². The second-order valence-electron chi connectivity index (χ2n) is 9.10. The topological polar surface area (TPSA) is 138 Å². The van der Waals surface area contributed by atoms with Gasteiger partial charge in [-0.15, -0.1) is 0 Å². The van der Waals surface area contributed by atoms with E-state index in [-0.39, 0.29) is 38.5 Å². The summed E-state index contributed by atoms with van der Waals surface area (Å²) in [5.41, 5.74) is 1.91. The molecule has 4 atom stereocenters. The molecule has 204 valence electrons. The van der Waals surface area contributed by atoms with Crippen LogP contribution >= 0.6 is 0 Å². The molecule has 0 bridgehead atoms. The highest BCUT2D eigenvalue weighted by Crippen LogP contribution is 2.51. The van der Waals surface area contributed by atoms with Gasteiger partial charge < -0.3 is 39.7 Å². The molecule has 4 unspecified atom stereocenters. The lowest BCUT2D eigenvalue weighted by Gasteiger charge is -2.40. The van der Waals surface area contributed by atoms with Crippen LogP contribution in [0, 0.1) is 5.82 Å². The highest BCUT2D eigenvalue weighted by Gasteiger charge is 2.51. The van der Waals surface area contributed by atoms with Gasteiger partial charge in [-0.25, -0.2) is 4.39 Å². The third-order valence-electron chi connectivity index (χ3n) is 6.71. The van der Waals surface area contributed by atoms with E-state index in [0.29, 0.717) is 28.2 Å². The van der Waals surface area contributed by atoms with Gasteiger partial charge in [-0.05, 0) is 41.5 Å². The van der Waals surface area contributed by atoms with Gasteiger partial charge in [0.1, 0.15) is 24.6 Å². The number of carbonyl (C=O) groups is 2. The lowest BCUT2D eigenvalue weighted by atomic mass is 9.77. The third-order valence-corrected chi connectivity index (χ3v) is 6.71. The van der Waals surface area contributed by atoms with E-state index in [1.165, 1.54) is 49.5 Å². The summed E-state index contributed by atoms with van der Waals surface area (Å²) in [5, 5.41) is 33.2. The Bertz CT molecular complexity index is 1200. The summed E-state index contributed by atoms with van der Waals surface area (Å²) in [6, 6.07) is 7.90. The van der Waals surface area contributed by atoms with Crippen molar-refractivity contribution in [1.82, 2.24) is 10.2 Å². The Balaban J connectivity index is 1.81. The van der Waals surface area contributed by atoms with Crippen LogP contribution in [-0.4, -0.2) is 84.3 Å². The first-order valence-corrected chi connectivity index (χ1v) is 12.1. The Morgan fingerprint density at radius 3 is 2.50 bits per heavy atom. The Labute approximate surface area is 219 Å². The van der Waals surface area contributed by atoms with Crippen LogP contribution in [0.4, 0.5) is 4.39 Å². The van der Waals surface area contributed by atoms with Crippen LogP contribution in [0.3, 0.4) is 0 Å². The van der Waals surface area contributed by atoms with Crippen LogP contribution in [-0.2, 0) is 27.5 Å². The molecule has 1 aliphatic heterocycles. The number of methoxy groups -OCH3 is 2. The Hall–Kier alpha value is -3.51. The molecule has 2 aromatic carbocycles. The molecule has 1 heterocycles. The van der Waals surface area contributed by atoms with Crippen LogP contribution in [0.2, 0.25) is 0 Å². The fraction of sp³-hybridized carbons (Fsp3) is 0.407. The summed E-state index contributed by atoms with van der Waals surface area (Å²) < 4.78 is 30.2. The molecule has 0 fully saturated rings. The van der Waals surface area contributed by atoms with E-state index in [2.05, 4.69) is 5.32 Å². The largest absolute Gasteiger partial charge is 0.493 e. The number of nitrogens with one attached hydrogen (secondary N) is 1. The molecule has 38 heavy (non-hydrogen) atoms. The average molecular weight is 531 g/mol. The minimum atomic E-state index is -1.27. The smallest absolute Gasteiger partial charge is 0.249 e. The van der Waals surface area contributed by atoms with Crippen molar-refractivity contribution in [1.29, 1.82) is 0 Å². The number of hydrogen-bond donors (Lipinski definition) is 4. The van der Waals surface area contributed by atoms with Crippen molar-refractivity contribution in [2.24, 2.45) is 0 Å². The fourth-order valence-corrected chi connectivity index (χ4v) is 4.97. The number of ether oxygens (including phenoxy) is 3. The summed E-state index contributed by atoms with van der Waals surface area (Å²) >= 11 is 0. The van der Waals surface area contributed by atoms with Gasteiger partial charge in [0.25, 0.3) is 0 Å². The predicted octanol–water partition coefficient (Wildman–Crippen LogP) is 0.624. The number of fused-ring (bicyclic) bond motifs is 3. The minimum Gasteiger partial charge on any atom is -0.493 e. The first-order chi connectivity index (χ1) is 18.3. The maximum absolute atomic E-state index is 13.5. The minimum absolute atomic E-state index is 0.00358. The van der Waals surface area contributed by atoms with Gasteiger partial charge in [0.15, 0.2) is 11.5 Å². The third kappa shape index (κ3) is 5.37. The van der Waals surface area contributed by atoms with Gasteiger partial charge in [0, 0.05) is 31.3 Å². The van der Waals surface area contributed by atoms with Crippen LogP contribution in [0.5, 0.6) is 11.5 Å². The van der Waals surface area contributed by atoms with Crippen molar-refractivity contribution >= 4 is 11.8 Å². The summed E-state index contributed by atoms with van der Waals surface area (Å²) in [6.07, 6.45) is -0.722. The van der Waals surface area contributed by atoms with Crippen molar-refractivity contribution in [2.45, 2.75) is 37.3 Å². The van der Waals surface area contributed by atoms with E-state index in [1.807, 2.05) is 0 Å².